The Bertz CT molecular complexity index is 1170. The lowest BCUT2D eigenvalue weighted by molar-refractivity contribution is -0.115. The standard InChI is InChI=1S/C28H30N2O4S/c1-33-23-14-15-24(25(18-23)34-2)30-26(31)19-35-28(30)22-13-8-12-21(17-22)27(32)29-16-7-6-11-20-9-4-3-5-10-20/h3-5,8-10,12-15,17-18,28H,6-7,11,16,19H2,1-2H3,(H,29,32). The number of amides is 2. The van der Waals surface area contributed by atoms with Crippen molar-refractivity contribution < 1.29 is 19.1 Å². The molecule has 3 aromatic rings. The monoisotopic (exact) mass is 490 g/mol. The fraction of sp³-hybridized carbons (Fsp3) is 0.286. The normalized spacial score (nSPS) is 15.2. The average Bonchev–Trinajstić information content (AvgIpc) is 3.29. The number of hydrogen-bond donors (Lipinski definition) is 1. The topological polar surface area (TPSA) is 67.9 Å². The minimum absolute atomic E-state index is 0.00302. The number of unbranched alkanes of at least 4 members (excludes halogenated alkanes) is 1. The van der Waals surface area contributed by atoms with E-state index in [0.29, 0.717) is 35.0 Å². The summed E-state index contributed by atoms with van der Waals surface area (Å²) in [4.78, 5) is 27.4. The zero-order valence-electron chi connectivity index (χ0n) is 20.0. The van der Waals surface area contributed by atoms with Gasteiger partial charge in [-0.1, -0.05) is 42.5 Å². The van der Waals surface area contributed by atoms with E-state index in [-0.39, 0.29) is 17.2 Å². The Labute approximate surface area is 210 Å². The van der Waals surface area contributed by atoms with E-state index in [1.165, 1.54) is 17.3 Å². The van der Waals surface area contributed by atoms with Crippen LogP contribution in [0.1, 0.15) is 39.7 Å². The molecule has 0 bridgehead atoms. The van der Waals surface area contributed by atoms with E-state index < -0.39 is 0 Å². The Morgan fingerprint density at radius 1 is 1.00 bits per heavy atom. The largest absolute Gasteiger partial charge is 0.497 e. The van der Waals surface area contributed by atoms with Crippen LogP contribution in [0.15, 0.2) is 72.8 Å². The number of anilines is 1. The maximum Gasteiger partial charge on any atom is 0.251 e. The van der Waals surface area contributed by atoms with Gasteiger partial charge < -0.3 is 14.8 Å². The van der Waals surface area contributed by atoms with Crippen molar-refractivity contribution in [2.75, 3.05) is 31.4 Å². The highest BCUT2D eigenvalue weighted by atomic mass is 32.2. The van der Waals surface area contributed by atoms with E-state index in [4.69, 9.17) is 9.47 Å². The van der Waals surface area contributed by atoms with Crippen molar-refractivity contribution in [3.8, 4) is 11.5 Å². The summed E-state index contributed by atoms with van der Waals surface area (Å²) in [5.74, 6) is 1.47. The first-order valence-corrected chi connectivity index (χ1v) is 12.7. The number of hydrogen-bond acceptors (Lipinski definition) is 5. The fourth-order valence-electron chi connectivity index (χ4n) is 4.15. The minimum Gasteiger partial charge on any atom is -0.497 e. The van der Waals surface area contributed by atoms with Crippen LogP contribution in [0.25, 0.3) is 0 Å². The van der Waals surface area contributed by atoms with Gasteiger partial charge >= 0.3 is 0 Å². The molecule has 1 aliphatic heterocycles. The summed E-state index contributed by atoms with van der Waals surface area (Å²) in [5.41, 5.74) is 3.48. The van der Waals surface area contributed by atoms with Crippen LogP contribution in [-0.4, -0.2) is 38.3 Å². The van der Waals surface area contributed by atoms with Crippen LogP contribution >= 0.6 is 11.8 Å². The molecule has 0 spiro atoms. The highest BCUT2D eigenvalue weighted by Gasteiger charge is 2.36. The van der Waals surface area contributed by atoms with Gasteiger partial charge in [0.15, 0.2) is 0 Å². The number of nitrogens with one attached hydrogen (secondary N) is 1. The average molecular weight is 491 g/mol. The van der Waals surface area contributed by atoms with Crippen LogP contribution in [0, 0.1) is 0 Å². The highest BCUT2D eigenvalue weighted by molar-refractivity contribution is 8.00. The summed E-state index contributed by atoms with van der Waals surface area (Å²) < 4.78 is 10.8. The predicted molar refractivity (Wildman–Crippen MR) is 140 cm³/mol. The first kappa shape index (κ1) is 24.7. The molecule has 182 valence electrons. The van der Waals surface area contributed by atoms with Gasteiger partial charge in [0.05, 0.1) is 25.7 Å². The number of methoxy groups -OCH3 is 2. The second-order valence-corrected chi connectivity index (χ2v) is 9.36. The molecular weight excluding hydrogens is 460 g/mol. The maximum absolute atomic E-state index is 12.8. The number of carbonyl (C=O) groups excluding carboxylic acids is 2. The smallest absolute Gasteiger partial charge is 0.251 e. The lowest BCUT2D eigenvalue weighted by Gasteiger charge is -2.26. The van der Waals surface area contributed by atoms with Gasteiger partial charge in [-0.3, -0.25) is 14.5 Å². The van der Waals surface area contributed by atoms with Gasteiger partial charge in [-0.05, 0) is 54.7 Å². The van der Waals surface area contributed by atoms with Crippen LogP contribution in [0.5, 0.6) is 11.5 Å². The summed E-state index contributed by atoms with van der Waals surface area (Å²) in [6, 6.07) is 23.3. The lowest BCUT2D eigenvalue weighted by atomic mass is 10.1. The number of thioether (sulfide) groups is 1. The van der Waals surface area contributed by atoms with Crippen molar-refractivity contribution in [3.63, 3.8) is 0 Å². The van der Waals surface area contributed by atoms with E-state index in [1.807, 2.05) is 54.6 Å². The molecule has 7 heteroatoms. The molecule has 1 atom stereocenters. The molecule has 1 saturated heterocycles. The van der Waals surface area contributed by atoms with Gasteiger partial charge in [-0.25, -0.2) is 0 Å². The molecule has 3 aromatic carbocycles. The number of benzene rings is 3. The van der Waals surface area contributed by atoms with Crippen LogP contribution in [0.2, 0.25) is 0 Å². The van der Waals surface area contributed by atoms with E-state index in [0.717, 1.165) is 24.8 Å². The zero-order valence-corrected chi connectivity index (χ0v) is 20.8. The van der Waals surface area contributed by atoms with E-state index in [1.54, 1.807) is 25.2 Å². The van der Waals surface area contributed by atoms with E-state index in [2.05, 4.69) is 17.4 Å². The van der Waals surface area contributed by atoms with Crippen molar-refractivity contribution in [1.29, 1.82) is 0 Å². The Hall–Kier alpha value is -3.45. The third-order valence-corrected chi connectivity index (χ3v) is 7.18. The number of ether oxygens (including phenoxy) is 2. The molecule has 1 fully saturated rings. The maximum atomic E-state index is 12.8. The van der Waals surface area contributed by atoms with E-state index >= 15 is 0 Å². The Morgan fingerprint density at radius 2 is 1.83 bits per heavy atom. The van der Waals surface area contributed by atoms with Crippen molar-refractivity contribution in [1.82, 2.24) is 5.32 Å². The highest BCUT2D eigenvalue weighted by Crippen LogP contribution is 2.45. The van der Waals surface area contributed by atoms with Crippen molar-refractivity contribution in [2.45, 2.75) is 24.6 Å². The SMILES string of the molecule is COc1ccc(N2C(=O)CSC2c2cccc(C(=O)NCCCCc3ccccc3)c2)c(OC)c1. The number of carbonyl (C=O) groups is 2. The molecule has 0 aliphatic carbocycles. The van der Waals surface area contributed by atoms with Gasteiger partial charge in [0.2, 0.25) is 5.91 Å². The van der Waals surface area contributed by atoms with E-state index in [9.17, 15) is 9.59 Å². The third-order valence-electron chi connectivity index (χ3n) is 5.97. The molecule has 35 heavy (non-hydrogen) atoms. The van der Waals surface area contributed by atoms with Crippen molar-refractivity contribution in [2.24, 2.45) is 0 Å². The number of rotatable bonds is 10. The Balaban J connectivity index is 1.42. The first-order valence-electron chi connectivity index (χ1n) is 11.7. The molecule has 0 aromatic heterocycles. The molecule has 2 amide bonds. The molecule has 1 heterocycles. The summed E-state index contributed by atoms with van der Waals surface area (Å²) in [6.07, 6.45) is 2.94. The lowest BCUT2D eigenvalue weighted by Crippen LogP contribution is -2.29. The Kier molecular flexibility index (Phi) is 8.32. The quantitative estimate of drug-likeness (QED) is 0.394. The van der Waals surface area contributed by atoms with Gasteiger partial charge in [0.25, 0.3) is 5.91 Å². The predicted octanol–water partition coefficient (Wildman–Crippen LogP) is 5.24. The van der Waals surface area contributed by atoms with Crippen LogP contribution in [0.4, 0.5) is 5.69 Å². The van der Waals surface area contributed by atoms with Crippen LogP contribution in [0.3, 0.4) is 0 Å². The van der Waals surface area contributed by atoms with Gasteiger partial charge in [0, 0.05) is 18.2 Å². The molecule has 0 saturated carbocycles. The molecule has 1 unspecified atom stereocenters. The van der Waals surface area contributed by atoms with Crippen LogP contribution in [-0.2, 0) is 11.2 Å². The molecule has 1 aliphatic rings. The van der Waals surface area contributed by atoms with Crippen LogP contribution < -0.4 is 19.7 Å². The molecule has 4 rings (SSSR count). The van der Waals surface area contributed by atoms with Gasteiger partial charge in [-0.2, -0.15) is 0 Å². The van der Waals surface area contributed by atoms with Crippen molar-refractivity contribution >= 4 is 29.3 Å². The molecule has 1 N–H and O–H groups in total. The second-order valence-electron chi connectivity index (χ2n) is 8.29. The zero-order chi connectivity index (χ0) is 24.6. The van der Waals surface area contributed by atoms with Gasteiger partial charge in [-0.15, -0.1) is 11.8 Å². The molecular formula is C28H30N2O4S. The first-order chi connectivity index (χ1) is 17.1. The summed E-state index contributed by atoms with van der Waals surface area (Å²) >= 11 is 1.54. The summed E-state index contributed by atoms with van der Waals surface area (Å²) in [7, 11) is 3.17. The van der Waals surface area contributed by atoms with Crippen molar-refractivity contribution in [3.05, 3.63) is 89.5 Å². The fourth-order valence-corrected chi connectivity index (χ4v) is 5.31. The minimum atomic E-state index is -0.247. The number of aryl methyl sites for hydroxylation is 1. The second kappa shape index (κ2) is 11.8. The molecule has 6 nitrogen and oxygen atoms in total. The molecule has 0 radical (unpaired) electrons. The van der Waals surface area contributed by atoms with Gasteiger partial charge in [0.1, 0.15) is 16.9 Å². The summed E-state index contributed by atoms with van der Waals surface area (Å²) in [6.45, 7) is 0.627. The number of nitrogens with zero attached hydrogens (tertiary/aromatic N) is 1. The summed E-state index contributed by atoms with van der Waals surface area (Å²) in [5, 5.41) is 2.78. The Morgan fingerprint density at radius 3 is 2.60 bits per heavy atom. The third kappa shape index (κ3) is 5.98.